The van der Waals surface area contributed by atoms with Gasteiger partial charge in [-0.15, -0.1) is 38.0 Å². The summed E-state index contributed by atoms with van der Waals surface area (Å²) in [6, 6.07) is 10.0. The number of rotatable bonds is 7. The van der Waals surface area contributed by atoms with Crippen LogP contribution in [-0.2, 0) is 0 Å². The number of alkyl halides is 7. The lowest BCUT2D eigenvalue weighted by Gasteiger charge is -2.35. The Balaban J connectivity index is 0.00000272. The molecular weight excluding hydrogens is 504 g/mol. The number of benzene rings is 2. The first kappa shape index (κ1) is 29.1. The van der Waals surface area contributed by atoms with Gasteiger partial charge in [-0.1, -0.05) is 24.3 Å². The predicted molar refractivity (Wildman–Crippen MR) is 112 cm³/mol. The van der Waals surface area contributed by atoms with Gasteiger partial charge in [0, 0.05) is 26.2 Å². The zero-order valence-corrected chi connectivity index (χ0v) is 18.5. The van der Waals surface area contributed by atoms with E-state index in [9.17, 15) is 30.7 Å². The van der Waals surface area contributed by atoms with E-state index in [2.05, 4.69) is 14.8 Å². The summed E-state index contributed by atoms with van der Waals surface area (Å²) >= 11 is 0. The maximum Gasteiger partial charge on any atom is 0.573 e. The summed E-state index contributed by atoms with van der Waals surface area (Å²) in [5, 5.41) is 3.17. The lowest BCUT2D eigenvalue weighted by atomic mass is 9.96. The van der Waals surface area contributed by atoms with Gasteiger partial charge >= 0.3 is 18.9 Å². The molecule has 0 spiro atoms. The quantitative estimate of drug-likeness (QED) is 0.474. The van der Waals surface area contributed by atoms with Gasteiger partial charge in [0.15, 0.2) is 0 Å². The van der Waals surface area contributed by atoms with Gasteiger partial charge in [0.05, 0.1) is 6.04 Å². The molecule has 2 aromatic carbocycles. The first-order valence-corrected chi connectivity index (χ1v) is 9.30. The van der Waals surface area contributed by atoms with Gasteiger partial charge in [-0.05, 0) is 35.4 Å². The van der Waals surface area contributed by atoms with Crippen molar-refractivity contribution in [2.45, 2.75) is 24.9 Å². The van der Waals surface area contributed by atoms with Crippen LogP contribution >= 0.6 is 24.8 Å². The van der Waals surface area contributed by atoms with E-state index in [0.717, 1.165) is 18.2 Å². The molecule has 0 radical (unpaired) electrons. The van der Waals surface area contributed by atoms with Gasteiger partial charge < -0.3 is 14.8 Å². The van der Waals surface area contributed by atoms with Crippen molar-refractivity contribution in [3.63, 3.8) is 0 Å². The van der Waals surface area contributed by atoms with Gasteiger partial charge in [0.2, 0.25) is 0 Å². The van der Waals surface area contributed by atoms with Crippen molar-refractivity contribution in [1.29, 1.82) is 0 Å². The SMILES string of the molecule is Cl.Cl.FC(F)C(F)(F)Oc1cccc([C@H](c2ccc(OC(F)(F)F)cc2)N2CCNCC2)c1. The van der Waals surface area contributed by atoms with Gasteiger partial charge in [0.1, 0.15) is 11.5 Å². The molecule has 0 unspecified atom stereocenters. The van der Waals surface area contributed by atoms with E-state index in [1.165, 1.54) is 24.3 Å². The second-order valence-electron chi connectivity index (χ2n) is 6.84. The highest BCUT2D eigenvalue weighted by molar-refractivity contribution is 5.85. The van der Waals surface area contributed by atoms with Crippen molar-refractivity contribution in [3.8, 4) is 11.5 Å². The molecule has 33 heavy (non-hydrogen) atoms. The Labute approximate surface area is 197 Å². The predicted octanol–water partition coefficient (Wildman–Crippen LogP) is 5.66. The van der Waals surface area contributed by atoms with Crippen molar-refractivity contribution in [1.82, 2.24) is 10.2 Å². The molecular formula is C20H21Cl2F7N2O2. The Bertz CT molecular complexity index is 864. The van der Waals surface area contributed by atoms with E-state index in [4.69, 9.17) is 0 Å². The zero-order chi connectivity index (χ0) is 22.6. The Hall–Kier alpha value is -1.95. The summed E-state index contributed by atoms with van der Waals surface area (Å²) in [6.45, 7) is 2.43. The first-order valence-electron chi connectivity index (χ1n) is 9.30. The molecule has 0 saturated carbocycles. The van der Waals surface area contributed by atoms with E-state index < -0.39 is 36.4 Å². The minimum atomic E-state index is -4.83. The Kier molecular flexibility index (Phi) is 10.5. The van der Waals surface area contributed by atoms with Crippen LogP contribution in [-0.4, -0.2) is 50.0 Å². The third-order valence-corrected chi connectivity index (χ3v) is 4.63. The molecule has 2 aromatic rings. The highest BCUT2D eigenvalue weighted by Crippen LogP contribution is 2.34. The second kappa shape index (κ2) is 12.0. The third-order valence-electron chi connectivity index (χ3n) is 4.63. The maximum atomic E-state index is 13.3. The van der Waals surface area contributed by atoms with Crippen LogP contribution in [0.15, 0.2) is 48.5 Å². The number of nitrogens with zero attached hydrogens (tertiary/aromatic N) is 1. The van der Waals surface area contributed by atoms with E-state index in [1.807, 2.05) is 4.90 Å². The lowest BCUT2D eigenvalue weighted by molar-refractivity contribution is -0.274. The van der Waals surface area contributed by atoms with Crippen LogP contribution < -0.4 is 14.8 Å². The molecule has 4 nitrogen and oxygen atoms in total. The Morgan fingerprint density at radius 3 is 1.94 bits per heavy atom. The highest BCUT2D eigenvalue weighted by atomic mass is 35.5. The minimum absolute atomic E-state index is 0. The molecule has 1 saturated heterocycles. The van der Waals surface area contributed by atoms with Crippen LogP contribution in [0.4, 0.5) is 30.7 Å². The molecule has 0 aromatic heterocycles. The van der Waals surface area contributed by atoms with Crippen LogP contribution in [0.5, 0.6) is 11.5 Å². The first-order chi connectivity index (χ1) is 14.5. The molecule has 1 heterocycles. The van der Waals surface area contributed by atoms with Gasteiger partial charge in [-0.2, -0.15) is 17.6 Å². The normalized spacial score (nSPS) is 15.9. The largest absolute Gasteiger partial charge is 0.573 e. The van der Waals surface area contributed by atoms with E-state index in [-0.39, 0.29) is 24.8 Å². The van der Waals surface area contributed by atoms with Gasteiger partial charge in [-0.3, -0.25) is 4.90 Å². The Morgan fingerprint density at radius 1 is 0.788 bits per heavy atom. The molecule has 3 rings (SSSR count). The summed E-state index contributed by atoms with van der Waals surface area (Å²) in [7, 11) is 0. The van der Waals surface area contributed by atoms with Crippen LogP contribution in [0.2, 0.25) is 0 Å². The molecule has 1 aliphatic heterocycles. The third kappa shape index (κ3) is 8.09. The van der Waals surface area contributed by atoms with Crippen molar-refractivity contribution in [3.05, 3.63) is 59.7 Å². The van der Waals surface area contributed by atoms with Crippen LogP contribution in [0.3, 0.4) is 0 Å². The molecule has 1 atom stereocenters. The fourth-order valence-electron chi connectivity index (χ4n) is 3.36. The zero-order valence-electron chi connectivity index (χ0n) is 16.8. The summed E-state index contributed by atoms with van der Waals surface area (Å²) in [4.78, 5) is 2.00. The molecule has 0 aliphatic carbocycles. The molecule has 1 fully saturated rings. The van der Waals surface area contributed by atoms with Gasteiger partial charge in [0.25, 0.3) is 0 Å². The van der Waals surface area contributed by atoms with E-state index in [1.54, 1.807) is 6.07 Å². The molecule has 186 valence electrons. The summed E-state index contributed by atoms with van der Waals surface area (Å²) in [5.74, 6) is -0.844. The summed E-state index contributed by atoms with van der Waals surface area (Å²) < 4.78 is 97.0. The Morgan fingerprint density at radius 2 is 1.39 bits per heavy atom. The van der Waals surface area contributed by atoms with Crippen molar-refractivity contribution >= 4 is 24.8 Å². The van der Waals surface area contributed by atoms with Crippen LogP contribution in [0, 0.1) is 0 Å². The van der Waals surface area contributed by atoms with Crippen molar-refractivity contribution in [2.24, 2.45) is 0 Å². The number of hydrogen-bond acceptors (Lipinski definition) is 4. The average molecular weight is 525 g/mol. The standard InChI is InChI=1S/C20H19F7N2O2.2ClH/c21-18(22)19(23,24)30-16-3-1-2-14(12-16)17(29-10-8-28-9-11-29)13-4-6-15(7-5-13)31-20(25,26)27;;/h1-7,12,17-18,28H,8-11H2;2*1H/t17-;;/m0../s1. The lowest BCUT2D eigenvalue weighted by Crippen LogP contribution is -2.45. The molecule has 1 N–H and O–H groups in total. The molecule has 0 bridgehead atoms. The highest BCUT2D eigenvalue weighted by Gasteiger charge is 2.44. The summed E-state index contributed by atoms with van der Waals surface area (Å²) in [5.41, 5.74) is 1.04. The second-order valence-corrected chi connectivity index (χ2v) is 6.84. The minimum Gasteiger partial charge on any atom is -0.428 e. The number of hydrogen-bond donors (Lipinski definition) is 1. The molecule has 13 heteroatoms. The van der Waals surface area contributed by atoms with E-state index >= 15 is 0 Å². The fourth-order valence-corrected chi connectivity index (χ4v) is 3.36. The number of halogens is 9. The molecule has 1 aliphatic rings. The van der Waals surface area contributed by atoms with Crippen LogP contribution in [0.1, 0.15) is 17.2 Å². The average Bonchev–Trinajstić information content (AvgIpc) is 2.69. The van der Waals surface area contributed by atoms with Crippen molar-refractivity contribution in [2.75, 3.05) is 26.2 Å². The number of nitrogens with one attached hydrogen (secondary N) is 1. The van der Waals surface area contributed by atoms with E-state index in [0.29, 0.717) is 37.3 Å². The van der Waals surface area contributed by atoms with Gasteiger partial charge in [-0.25, -0.2) is 0 Å². The maximum absolute atomic E-state index is 13.3. The van der Waals surface area contributed by atoms with Crippen molar-refractivity contribution < 1.29 is 40.2 Å². The number of piperazine rings is 1. The van der Waals surface area contributed by atoms with Crippen LogP contribution in [0.25, 0.3) is 0 Å². The smallest absolute Gasteiger partial charge is 0.428 e. The number of ether oxygens (including phenoxy) is 2. The fraction of sp³-hybridized carbons (Fsp3) is 0.400. The topological polar surface area (TPSA) is 33.7 Å². The monoisotopic (exact) mass is 524 g/mol. The molecule has 0 amide bonds. The summed E-state index contributed by atoms with van der Waals surface area (Å²) in [6.07, 6.45) is -13.5.